The fourth-order valence-corrected chi connectivity index (χ4v) is 5.08. The van der Waals surface area contributed by atoms with Crippen molar-refractivity contribution in [2.75, 3.05) is 55.1 Å². The smallest absolute Gasteiger partial charge is 0.323 e. The van der Waals surface area contributed by atoms with Crippen LogP contribution >= 0.6 is 15.9 Å². The number of aryl methyl sites for hydroxylation is 1. The highest BCUT2D eigenvalue weighted by Gasteiger charge is 2.22. The minimum absolute atomic E-state index is 0.205. The number of halogens is 1. The molecule has 0 spiro atoms. The fraction of sp³-hybridized carbons (Fsp3) is 0.357. The molecule has 2 aliphatic heterocycles. The number of ether oxygens (including phenoxy) is 3. The molecule has 0 unspecified atom stereocenters. The van der Waals surface area contributed by atoms with Crippen molar-refractivity contribution in [2.24, 2.45) is 0 Å². The number of anilines is 3. The summed E-state index contributed by atoms with van der Waals surface area (Å²) in [6.07, 6.45) is 2.31. The molecule has 2 aromatic heterocycles. The Morgan fingerprint density at radius 3 is 2.27 bits per heavy atom. The van der Waals surface area contributed by atoms with E-state index >= 15 is 0 Å². The van der Waals surface area contributed by atoms with Gasteiger partial charge >= 0.3 is 6.03 Å². The maximum absolute atomic E-state index is 12.5. The Kier molecular flexibility index (Phi) is 8.19. The minimum Gasteiger partial charge on any atom is -0.378 e. The Bertz CT molecular complexity index is 1450. The lowest BCUT2D eigenvalue weighted by Gasteiger charge is -2.28. The van der Waals surface area contributed by atoms with E-state index in [2.05, 4.69) is 36.4 Å². The average Bonchev–Trinajstić information content (AvgIpc) is 3.67. The van der Waals surface area contributed by atoms with Gasteiger partial charge < -0.3 is 34.3 Å². The molecule has 2 fully saturated rings. The molecule has 11 nitrogen and oxygen atoms in total. The molecule has 0 radical (unpaired) electrons. The van der Waals surface area contributed by atoms with E-state index in [1.807, 2.05) is 53.1 Å². The van der Waals surface area contributed by atoms with Crippen molar-refractivity contribution in [3.8, 4) is 11.4 Å². The lowest BCUT2D eigenvalue weighted by molar-refractivity contribution is -0.0489. The molecule has 2 amide bonds. The van der Waals surface area contributed by atoms with Gasteiger partial charge in [0.25, 0.3) is 0 Å². The number of fused-ring (bicyclic) bond motifs is 1. The van der Waals surface area contributed by atoms with Crippen molar-refractivity contribution >= 4 is 50.3 Å². The molecule has 4 heterocycles. The minimum atomic E-state index is -0.314. The third-order valence-electron chi connectivity index (χ3n) is 6.82. The molecule has 2 N–H and O–H groups in total. The SMILES string of the molecule is O=C(Nc1ccc(CBr)cc1)Nc1ccc(-c2nc(N3CCOCC3)c3ncn(CCC4OCCO4)c3n2)cc1. The third-order valence-corrected chi connectivity index (χ3v) is 7.47. The number of rotatable bonds is 8. The summed E-state index contributed by atoms with van der Waals surface area (Å²) in [5.74, 6) is 1.38. The van der Waals surface area contributed by atoms with E-state index in [9.17, 15) is 4.79 Å². The molecule has 0 atom stereocenters. The Morgan fingerprint density at radius 2 is 1.60 bits per heavy atom. The van der Waals surface area contributed by atoms with Crippen LogP contribution in [0.5, 0.6) is 0 Å². The van der Waals surface area contributed by atoms with Gasteiger partial charge in [-0.1, -0.05) is 28.1 Å². The molecule has 0 saturated carbocycles. The number of hydrogen-bond donors (Lipinski definition) is 2. The predicted octanol–water partition coefficient (Wildman–Crippen LogP) is 4.63. The highest BCUT2D eigenvalue weighted by molar-refractivity contribution is 9.08. The Hall–Kier alpha value is -3.58. The van der Waals surface area contributed by atoms with Crippen LogP contribution in [0.2, 0.25) is 0 Å². The van der Waals surface area contributed by atoms with Crippen LogP contribution in [0.4, 0.5) is 22.0 Å². The van der Waals surface area contributed by atoms with Crippen LogP contribution in [0.1, 0.15) is 12.0 Å². The van der Waals surface area contributed by atoms with E-state index < -0.39 is 0 Å². The Balaban J connectivity index is 1.22. The zero-order chi connectivity index (χ0) is 27.3. The fourth-order valence-electron chi connectivity index (χ4n) is 4.71. The molecule has 6 rings (SSSR count). The van der Waals surface area contributed by atoms with Crippen molar-refractivity contribution < 1.29 is 19.0 Å². The van der Waals surface area contributed by atoms with Crippen LogP contribution < -0.4 is 15.5 Å². The average molecular weight is 608 g/mol. The largest absolute Gasteiger partial charge is 0.378 e. The van der Waals surface area contributed by atoms with Crippen molar-refractivity contribution in [3.05, 3.63) is 60.4 Å². The van der Waals surface area contributed by atoms with E-state index in [-0.39, 0.29) is 12.3 Å². The molecule has 4 aromatic rings. The van der Waals surface area contributed by atoms with Crippen molar-refractivity contribution in [3.63, 3.8) is 0 Å². The molecule has 2 aromatic carbocycles. The number of urea groups is 1. The summed E-state index contributed by atoms with van der Waals surface area (Å²) in [5, 5.41) is 6.50. The second kappa shape index (κ2) is 12.3. The first-order valence-corrected chi connectivity index (χ1v) is 14.4. The predicted molar refractivity (Wildman–Crippen MR) is 156 cm³/mol. The number of amides is 2. The molecule has 2 saturated heterocycles. The van der Waals surface area contributed by atoms with Crippen LogP contribution in [0.3, 0.4) is 0 Å². The number of alkyl halides is 1. The maximum atomic E-state index is 12.5. The van der Waals surface area contributed by atoms with Gasteiger partial charge in [-0.2, -0.15) is 0 Å². The Morgan fingerprint density at radius 1 is 0.925 bits per heavy atom. The van der Waals surface area contributed by atoms with Crippen LogP contribution in [-0.2, 0) is 26.1 Å². The topological polar surface area (TPSA) is 116 Å². The second-order valence-corrected chi connectivity index (χ2v) is 10.1. The lowest BCUT2D eigenvalue weighted by Crippen LogP contribution is -2.37. The zero-order valence-corrected chi connectivity index (χ0v) is 23.5. The van der Waals surface area contributed by atoms with Gasteiger partial charge in [0.15, 0.2) is 29.1 Å². The third kappa shape index (κ3) is 6.09. The van der Waals surface area contributed by atoms with Crippen LogP contribution in [0.25, 0.3) is 22.6 Å². The molecular weight excluding hydrogens is 578 g/mol. The first-order valence-electron chi connectivity index (χ1n) is 13.3. The summed E-state index contributed by atoms with van der Waals surface area (Å²) in [5.41, 5.74) is 4.88. The molecule has 0 aliphatic carbocycles. The standard InChI is InChI=1S/C28H30BrN7O4/c29-17-19-1-5-21(6-2-19)31-28(37)32-22-7-3-20(4-8-22)25-33-26(35-11-13-38-14-12-35)24-27(34-25)36(18-30-24)10-9-23-39-15-16-40-23/h1-8,18,23H,9-17H2,(H2,31,32,37). The first kappa shape index (κ1) is 26.6. The van der Waals surface area contributed by atoms with Gasteiger partial charge in [-0.05, 0) is 42.0 Å². The van der Waals surface area contributed by atoms with E-state index in [1.165, 1.54) is 0 Å². The molecule has 12 heteroatoms. The monoisotopic (exact) mass is 607 g/mol. The molecule has 208 valence electrons. The number of imidazole rings is 1. The van der Waals surface area contributed by atoms with E-state index in [0.717, 1.165) is 52.2 Å². The molecule has 0 bridgehead atoms. The first-order chi connectivity index (χ1) is 19.7. The van der Waals surface area contributed by atoms with E-state index in [0.29, 0.717) is 50.9 Å². The normalized spacial score (nSPS) is 16.0. The summed E-state index contributed by atoms with van der Waals surface area (Å²) < 4.78 is 18.8. The number of carbonyl (C=O) groups excluding carboxylic acids is 1. The number of aromatic nitrogens is 4. The van der Waals surface area contributed by atoms with Crippen molar-refractivity contribution in [1.82, 2.24) is 19.5 Å². The number of morpholine rings is 1. The number of carbonyl (C=O) groups is 1. The second-order valence-electron chi connectivity index (χ2n) is 9.53. The van der Waals surface area contributed by atoms with Gasteiger partial charge in [-0.15, -0.1) is 0 Å². The van der Waals surface area contributed by atoms with Gasteiger partial charge in [0, 0.05) is 48.3 Å². The van der Waals surface area contributed by atoms with Gasteiger partial charge in [0.2, 0.25) is 0 Å². The summed E-state index contributed by atoms with van der Waals surface area (Å²) in [6, 6.07) is 14.9. The van der Waals surface area contributed by atoms with Crippen LogP contribution in [0, 0.1) is 0 Å². The number of benzene rings is 2. The van der Waals surface area contributed by atoms with Crippen LogP contribution in [-0.4, -0.2) is 71.4 Å². The number of nitrogens with zero attached hydrogens (tertiary/aromatic N) is 5. The summed E-state index contributed by atoms with van der Waals surface area (Å²) in [6.45, 7) is 4.66. The highest BCUT2D eigenvalue weighted by Crippen LogP contribution is 2.28. The molecule has 40 heavy (non-hydrogen) atoms. The van der Waals surface area contributed by atoms with E-state index in [1.54, 1.807) is 6.33 Å². The molecular formula is C28H30BrN7O4. The summed E-state index contributed by atoms with van der Waals surface area (Å²) >= 11 is 3.43. The van der Waals surface area contributed by atoms with E-state index in [4.69, 9.17) is 24.2 Å². The van der Waals surface area contributed by atoms with Gasteiger partial charge in [0.05, 0.1) is 32.8 Å². The van der Waals surface area contributed by atoms with Crippen molar-refractivity contribution in [2.45, 2.75) is 24.6 Å². The zero-order valence-electron chi connectivity index (χ0n) is 21.9. The lowest BCUT2D eigenvalue weighted by atomic mass is 10.2. The summed E-state index contributed by atoms with van der Waals surface area (Å²) in [7, 11) is 0. The maximum Gasteiger partial charge on any atom is 0.323 e. The van der Waals surface area contributed by atoms with Gasteiger partial charge in [-0.3, -0.25) is 0 Å². The molecule has 2 aliphatic rings. The Labute approximate surface area is 240 Å². The number of hydrogen-bond acceptors (Lipinski definition) is 8. The van der Waals surface area contributed by atoms with Crippen LogP contribution in [0.15, 0.2) is 54.9 Å². The quantitative estimate of drug-likeness (QED) is 0.279. The number of nitrogens with one attached hydrogen (secondary N) is 2. The van der Waals surface area contributed by atoms with Crippen molar-refractivity contribution in [1.29, 1.82) is 0 Å². The van der Waals surface area contributed by atoms with Gasteiger partial charge in [-0.25, -0.2) is 19.7 Å². The van der Waals surface area contributed by atoms with Gasteiger partial charge in [0.1, 0.15) is 0 Å². The summed E-state index contributed by atoms with van der Waals surface area (Å²) in [4.78, 5) is 29.3. The highest BCUT2D eigenvalue weighted by atomic mass is 79.9.